The molecule has 0 saturated carbocycles. The maximum Gasteiger partial charge on any atom is 0.247 e. The van der Waals surface area contributed by atoms with Crippen LogP contribution in [0.1, 0.15) is 23.7 Å². The second-order valence-electron chi connectivity index (χ2n) is 11.7. The molecule has 0 radical (unpaired) electrons. The van der Waals surface area contributed by atoms with Gasteiger partial charge in [-0.25, -0.2) is 18.7 Å². The number of Topliss-reactive ketones (excluding diaryl/α,β-unsaturated/α-hetero) is 1. The zero-order chi connectivity index (χ0) is 34.7. The summed E-state index contributed by atoms with van der Waals surface area (Å²) in [6.45, 7) is 1.96. The van der Waals surface area contributed by atoms with Crippen molar-refractivity contribution in [2.45, 2.75) is 32.1 Å². The van der Waals surface area contributed by atoms with Crippen molar-refractivity contribution < 1.29 is 27.9 Å². The monoisotopic (exact) mass is 686 g/mol. The van der Waals surface area contributed by atoms with Gasteiger partial charge in [0.2, 0.25) is 17.8 Å². The molecule has 2 unspecified atom stereocenters. The van der Waals surface area contributed by atoms with Crippen LogP contribution in [0.5, 0.6) is 0 Å². The number of fused-ring (bicyclic) bond motifs is 1. The molecule has 13 heteroatoms. The Labute approximate surface area is 286 Å². The van der Waals surface area contributed by atoms with Crippen molar-refractivity contribution in [2.24, 2.45) is 0 Å². The molecule has 3 aromatic carbocycles. The first-order chi connectivity index (χ1) is 23.6. The van der Waals surface area contributed by atoms with E-state index in [1.807, 2.05) is 12.1 Å². The summed E-state index contributed by atoms with van der Waals surface area (Å²) >= 11 is 6.27. The molecule has 5 aromatic rings. The second kappa shape index (κ2) is 14.5. The largest absolute Gasteiger partial charge is 0.383 e. The highest BCUT2D eigenvalue weighted by Gasteiger charge is 2.40. The number of benzene rings is 3. The summed E-state index contributed by atoms with van der Waals surface area (Å²) in [5.41, 5.74) is 3.03. The van der Waals surface area contributed by atoms with E-state index in [1.165, 1.54) is 17.9 Å². The van der Waals surface area contributed by atoms with Gasteiger partial charge in [0.25, 0.3) is 0 Å². The van der Waals surface area contributed by atoms with Crippen molar-refractivity contribution in [3.8, 4) is 22.3 Å². The minimum Gasteiger partial charge on any atom is -0.383 e. The van der Waals surface area contributed by atoms with Gasteiger partial charge in [0.15, 0.2) is 11.6 Å². The van der Waals surface area contributed by atoms with E-state index in [0.717, 1.165) is 11.1 Å². The average Bonchev–Trinajstić information content (AvgIpc) is 3.67. The Morgan fingerprint density at radius 2 is 1.78 bits per heavy atom. The Hall–Kier alpha value is -5.20. The minimum atomic E-state index is -1.44. The van der Waals surface area contributed by atoms with Gasteiger partial charge in [-0.2, -0.15) is 0 Å². The van der Waals surface area contributed by atoms with Crippen LogP contribution in [0, 0.1) is 5.82 Å². The molecule has 0 spiro atoms. The lowest BCUT2D eigenvalue weighted by Gasteiger charge is -2.24. The van der Waals surface area contributed by atoms with Gasteiger partial charge in [-0.3, -0.25) is 14.4 Å². The Morgan fingerprint density at radius 3 is 2.51 bits per heavy atom. The highest BCUT2D eigenvalue weighted by molar-refractivity contribution is 6.33. The molecule has 2 amide bonds. The first kappa shape index (κ1) is 33.7. The molecule has 3 heterocycles. The number of halogens is 3. The summed E-state index contributed by atoms with van der Waals surface area (Å²) in [7, 11) is 1.61. The zero-order valence-corrected chi connectivity index (χ0v) is 27.5. The molecule has 0 bridgehead atoms. The molecule has 2 N–H and O–H groups in total. The molecule has 49 heavy (non-hydrogen) atoms. The van der Waals surface area contributed by atoms with Gasteiger partial charge in [0.05, 0.1) is 18.8 Å². The normalized spacial score (nSPS) is 15.8. The molecular weight excluding hydrogens is 654 g/mol. The summed E-state index contributed by atoms with van der Waals surface area (Å²) in [5, 5.41) is 6.57. The fraction of sp³-hybridized carbons (Fsp3) is 0.250. The van der Waals surface area contributed by atoms with E-state index in [0.29, 0.717) is 46.2 Å². The van der Waals surface area contributed by atoms with Crippen molar-refractivity contribution in [1.82, 2.24) is 19.4 Å². The number of aromatic nitrogens is 3. The average molecular weight is 687 g/mol. The van der Waals surface area contributed by atoms with Crippen LogP contribution in [0.2, 0.25) is 5.02 Å². The van der Waals surface area contributed by atoms with E-state index < -0.39 is 29.8 Å². The van der Waals surface area contributed by atoms with E-state index in [4.69, 9.17) is 16.3 Å². The molecule has 2 atom stereocenters. The molecule has 1 aliphatic heterocycles. The van der Waals surface area contributed by atoms with Gasteiger partial charge >= 0.3 is 0 Å². The third-order valence-electron chi connectivity index (χ3n) is 8.43. The number of ketones is 1. The molecule has 6 rings (SSSR count). The molecule has 0 aliphatic carbocycles. The highest BCUT2D eigenvalue weighted by Crippen LogP contribution is 2.34. The minimum absolute atomic E-state index is 0.113. The standard InChI is InChI=1S/C36H33ClF2N6O4/c1-21(46)28-19-44(31-11-10-22(14-27(28)31)23-16-41-36(42-17-23)40-12-13-49-2)20-33(47)45-18-24(38)15-32(45)35(48)43-30-9-5-7-26(34(30)39)25-6-3-4-8-29(25)37/h3-11,14,16-17,19,24,32H,12-13,15,18,20H2,1-2H3,(H,43,48)(H,40,41,42). The molecule has 1 saturated heterocycles. The predicted octanol–water partition coefficient (Wildman–Crippen LogP) is 6.40. The predicted molar refractivity (Wildman–Crippen MR) is 184 cm³/mol. The van der Waals surface area contributed by atoms with Crippen LogP contribution in [0.15, 0.2) is 79.3 Å². The Balaban J connectivity index is 1.21. The molecule has 2 aromatic heterocycles. The van der Waals surface area contributed by atoms with Crippen LogP contribution < -0.4 is 10.6 Å². The van der Waals surface area contributed by atoms with Gasteiger partial charge in [-0.15, -0.1) is 0 Å². The number of hydrogen-bond acceptors (Lipinski definition) is 7. The van der Waals surface area contributed by atoms with Crippen molar-refractivity contribution in [1.29, 1.82) is 0 Å². The number of anilines is 2. The van der Waals surface area contributed by atoms with Gasteiger partial charge < -0.3 is 24.8 Å². The first-order valence-electron chi connectivity index (χ1n) is 15.6. The lowest BCUT2D eigenvalue weighted by Crippen LogP contribution is -2.44. The van der Waals surface area contributed by atoms with Gasteiger partial charge in [-0.1, -0.05) is 48.0 Å². The Bertz CT molecular complexity index is 2040. The molecule has 1 fully saturated rings. The number of methoxy groups -OCH3 is 1. The fourth-order valence-electron chi connectivity index (χ4n) is 6.00. The second-order valence-corrected chi connectivity index (χ2v) is 12.1. The smallest absolute Gasteiger partial charge is 0.247 e. The summed E-state index contributed by atoms with van der Waals surface area (Å²) in [4.78, 5) is 49.6. The van der Waals surface area contributed by atoms with Crippen molar-refractivity contribution in [3.05, 3.63) is 95.7 Å². The van der Waals surface area contributed by atoms with Gasteiger partial charge in [0, 0.05) is 76.8 Å². The van der Waals surface area contributed by atoms with Crippen molar-refractivity contribution in [2.75, 3.05) is 37.4 Å². The highest BCUT2D eigenvalue weighted by atomic mass is 35.5. The number of rotatable bonds is 11. The summed E-state index contributed by atoms with van der Waals surface area (Å²) in [5.74, 6) is -1.68. The van der Waals surface area contributed by atoms with E-state index in [-0.39, 0.29) is 36.5 Å². The molecular formula is C36H33ClF2N6O4. The van der Waals surface area contributed by atoms with E-state index >= 15 is 4.39 Å². The topological polar surface area (TPSA) is 118 Å². The van der Waals surface area contributed by atoms with Crippen molar-refractivity contribution in [3.63, 3.8) is 0 Å². The SMILES string of the molecule is COCCNc1ncc(-c2ccc3c(c2)c(C(C)=O)cn3CC(=O)N2CC(F)CC2C(=O)Nc2cccc(-c3ccccc3Cl)c2F)cn1. The van der Waals surface area contributed by atoms with Crippen LogP contribution in [0.25, 0.3) is 33.2 Å². The number of ether oxygens (including phenoxy) is 1. The number of hydrogen-bond donors (Lipinski definition) is 2. The molecule has 1 aliphatic rings. The lowest BCUT2D eigenvalue weighted by atomic mass is 10.0. The van der Waals surface area contributed by atoms with E-state index in [1.54, 1.807) is 72.7 Å². The van der Waals surface area contributed by atoms with Crippen molar-refractivity contribution >= 4 is 51.7 Å². The van der Waals surface area contributed by atoms with E-state index in [2.05, 4.69) is 20.6 Å². The van der Waals surface area contributed by atoms with Crippen LogP contribution in [-0.4, -0.2) is 76.1 Å². The number of carbonyl (C=O) groups is 3. The quantitative estimate of drug-likeness (QED) is 0.122. The Morgan fingerprint density at radius 1 is 1.02 bits per heavy atom. The van der Waals surface area contributed by atoms with Gasteiger partial charge in [0.1, 0.15) is 18.8 Å². The fourth-order valence-corrected chi connectivity index (χ4v) is 6.24. The zero-order valence-electron chi connectivity index (χ0n) is 26.8. The molecule has 10 nitrogen and oxygen atoms in total. The first-order valence-corrected chi connectivity index (χ1v) is 16.0. The summed E-state index contributed by atoms with van der Waals surface area (Å²) < 4.78 is 37.0. The van der Waals surface area contributed by atoms with Crippen LogP contribution in [0.3, 0.4) is 0 Å². The Kier molecular flexibility index (Phi) is 9.97. The van der Waals surface area contributed by atoms with Crippen LogP contribution in [-0.2, 0) is 20.9 Å². The summed E-state index contributed by atoms with van der Waals surface area (Å²) in [6, 6.07) is 15.5. The number of nitrogens with one attached hydrogen (secondary N) is 2. The van der Waals surface area contributed by atoms with Gasteiger partial charge in [-0.05, 0) is 36.8 Å². The maximum absolute atomic E-state index is 15.6. The number of likely N-dealkylation sites (tertiary alicyclic amines) is 1. The maximum atomic E-state index is 15.6. The molecule has 252 valence electrons. The van der Waals surface area contributed by atoms with Crippen LogP contribution >= 0.6 is 11.6 Å². The van der Waals surface area contributed by atoms with E-state index in [9.17, 15) is 18.8 Å². The number of nitrogens with zero attached hydrogens (tertiary/aromatic N) is 4. The van der Waals surface area contributed by atoms with Crippen LogP contribution in [0.4, 0.5) is 20.4 Å². The number of carbonyl (C=O) groups excluding carboxylic acids is 3. The lowest BCUT2D eigenvalue weighted by molar-refractivity contribution is -0.137. The summed E-state index contributed by atoms with van der Waals surface area (Å²) in [6.07, 6.45) is 3.24. The number of alkyl halides is 1. The number of amides is 2. The third kappa shape index (κ3) is 7.15. The third-order valence-corrected chi connectivity index (χ3v) is 8.76.